The van der Waals surface area contributed by atoms with Crippen molar-refractivity contribution >= 4 is 22.6 Å². The third-order valence-electron chi connectivity index (χ3n) is 0.101. The standard InChI is InChI=1S/C2H5I2/c1-4-2-3/h2H2,1H3/q-1. The predicted molar refractivity (Wildman–Crippen MR) is 24.8 cm³/mol. The first-order valence-corrected chi connectivity index (χ1v) is 6.12. The third kappa shape index (κ3) is 3.46. The number of hydrogen-bond acceptors (Lipinski definition) is 0. The molecule has 0 N–H and O–H groups in total. The van der Waals surface area contributed by atoms with Gasteiger partial charge in [-0.3, -0.25) is 0 Å². The summed E-state index contributed by atoms with van der Waals surface area (Å²) in [6.45, 7) is 0. The monoisotopic (exact) mass is 283 g/mol. The molecule has 0 atom stereocenters. The second-order valence-corrected chi connectivity index (χ2v) is 6.34. The molecule has 2 heteroatoms. The van der Waals surface area contributed by atoms with E-state index in [-0.39, 0.29) is 0 Å². The zero-order valence-corrected chi connectivity index (χ0v) is 6.78. The second-order valence-electron chi connectivity index (χ2n) is 0.368. The van der Waals surface area contributed by atoms with Crippen LogP contribution in [-0.2, 0) is 0 Å². The van der Waals surface area contributed by atoms with Gasteiger partial charge in [0.25, 0.3) is 0 Å². The third-order valence-corrected chi connectivity index (χ3v) is 4.55. The fourth-order valence-corrected chi connectivity index (χ4v) is 0. The summed E-state index contributed by atoms with van der Waals surface area (Å²) in [5.74, 6) is 0. The summed E-state index contributed by atoms with van der Waals surface area (Å²) >= 11 is 3.00. The van der Waals surface area contributed by atoms with Gasteiger partial charge < -0.3 is 0 Å². The Labute approximate surface area is 50.8 Å². The first-order valence-electron chi connectivity index (χ1n) is 0.912. The molecule has 0 spiro atoms. The molecule has 0 nitrogen and oxygen atoms in total. The van der Waals surface area contributed by atoms with Crippen molar-refractivity contribution in [2.75, 3.05) is 7.36 Å². The van der Waals surface area contributed by atoms with E-state index < -0.39 is 0 Å². The van der Waals surface area contributed by atoms with Crippen LogP contribution >= 0.6 is 22.6 Å². The average molecular weight is 283 g/mol. The number of rotatable bonds is 1. The summed E-state index contributed by atoms with van der Waals surface area (Å²) in [7, 11) is 0. The van der Waals surface area contributed by atoms with Crippen molar-refractivity contribution in [2.24, 2.45) is 0 Å². The molecule has 0 unspecified atom stereocenters. The molecule has 0 aliphatic rings. The van der Waals surface area contributed by atoms with E-state index in [0.29, 0.717) is 21.2 Å². The molecular formula is C2H5I2-. The van der Waals surface area contributed by atoms with Gasteiger partial charge in [0.15, 0.2) is 0 Å². The molecule has 0 aromatic carbocycles. The van der Waals surface area contributed by atoms with Crippen molar-refractivity contribution in [3.63, 3.8) is 0 Å². The van der Waals surface area contributed by atoms with Crippen LogP contribution in [0.3, 0.4) is 0 Å². The van der Waals surface area contributed by atoms with Gasteiger partial charge in [-0.2, -0.15) is 0 Å². The molecule has 0 heterocycles. The number of alkyl halides is 3. The summed E-state index contributed by atoms with van der Waals surface area (Å²) in [4.78, 5) is 2.28. The van der Waals surface area contributed by atoms with Crippen LogP contribution in [-0.4, -0.2) is 7.36 Å². The van der Waals surface area contributed by atoms with Gasteiger partial charge >= 0.3 is 51.2 Å². The maximum absolute atomic E-state index is 2.40. The van der Waals surface area contributed by atoms with Crippen LogP contribution in [0, 0.1) is 0 Å². The molecule has 0 amide bonds. The van der Waals surface area contributed by atoms with E-state index in [9.17, 15) is 0 Å². The van der Waals surface area contributed by atoms with Crippen molar-refractivity contribution < 1.29 is 21.2 Å². The Hall–Kier alpha value is 1.46. The molecular weight excluding hydrogens is 278 g/mol. The molecule has 28 valence electrons. The predicted octanol–water partition coefficient (Wildman–Crippen LogP) is -1.90. The molecule has 0 bridgehead atoms. The summed E-state index contributed by atoms with van der Waals surface area (Å²) in [6.07, 6.45) is 0. The molecule has 4 heavy (non-hydrogen) atoms. The van der Waals surface area contributed by atoms with Crippen molar-refractivity contribution in [3.8, 4) is 0 Å². The summed E-state index contributed by atoms with van der Waals surface area (Å²) < 4.78 is 1.40. The first kappa shape index (κ1) is 5.46. The Morgan fingerprint density at radius 1 is 2.00 bits per heavy atom. The van der Waals surface area contributed by atoms with Crippen molar-refractivity contribution in [1.82, 2.24) is 0 Å². The summed E-state index contributed by atoms with van der Waals surface area (Å²) in [6, 6.07) is 0. The summed E-state index contributed by atoms with van der Waals surface area (Å²) in [5.41, 5.74) is 0. The SMILES string of the molecule is C[I-]CI. The molecule has 0 fully saturated rings. The van der Waals surface area contributed by atoms with Crippen LogP contribution in [0.4, 0.5) is 0 Å². The van der Waals surface area contributed by atoms with E-state index in [1.54, 1.807) is 0 Å². The molecule has 0 aromatic rings. The molecule has 0 radical (unpaired) electrons. The van der Waals surface area contributed by atoms with Crippen LogP contribution in [0.2, 0.25) is 0 Å². The fraction of sp³-hybridized carbons (Fsp3) is 1.00. The number of halogens is 2. The van der Waals surface area contributed by atoms with Crippen LogP contribution in [0.15, 0.2) is 0 Å². The van der Waals surface area contributed by atoms with E-state index in [1.165, 1.54) is 2.43 Å². The van der Waals surface area contributed by atoms with Crippen molar-refractivity contribution in [1.29, 1.82) is 0 Å². The Morgan fingerprint density at radius 3 is 2.25 bits per heavy atom. The van der Waals surface area contributed by atoms with Crippen LogP contribution in [0.25, 0.3) is 0 Å². The molecule has 0 rings (SSSR count). The zero-order chi connectivity index (χ0) is 3.41. The van der Waals surface area contributed by atoms with E-state index >= 15 is 0 Å². The van der Waals surface area contributed by atoms with Gasteiger partial charge in [-0.05, 0) is 0 Å². The van der Waals surface area contributed by atoms with Gasteiger partial charge in [-0.25, -0.2) is 0 Å². The second kappa shape index (κ2) is 4.46. The van der Waals surface area contributed by atoms with Gasteiger partial charge in [0.2, 0.25) is 0 Å². The maximum atomic E-state index is 2.40. The van der Waals surface area contributed by atoms with Crippen molar-refractivity contribution in [2.45, 2.75) is 0 Å². The fourth-order valence-electron chi connectivity index (χ4n) is 0. The minimum atomic E-state index is 0.597. The van der Waals surface area contributed by atoms with E-state index in [1.807, 2.05) is 0 Å². The quantitative estimate of drug-likeness (QED) is 0.389. The average Bonchev–Trinajstić information content (AvgIpc) is 1.37. The Morgan fingerprint density at radius 2 is 2.25 bits per heavy atom. The molecule has 0 aromatic heterocycles. The van der Waals surface area contributed by atoms with Crippen LogP contribution in [0.5, 0.6) is 0 Å². The minimum absolute atomic E-state index is 0.597. The molecule has 0 aliphatic heterocycles. The Bertz CT molecular complexity index is 6.00. The van der Waals surface area contributed by atoms with Crippen LogP contribution in [0.1, 0.15) is 0 Å². The topological polar surface area (TPSA) is 0 Å². The van der Waals surface area contributed by atoms with Gasteiger partial charge in [0.1, 0.15) is 0 Å². The van der Waals surface area contributed by atoms with E-state index in [4.69, 9.17) is 0 Å². The number of hydrogen-bond donors (Lipinski definition) is 0. The molecule has 0 saturated carbocycles. The van der Waals surface area contributed by atoms with Crippen LogP contribution < -0.4 is 21.2 Å². The van der Waals surface area contributed by atoms with E-state index in [2.05, 4.69) is 27.5 Å². The molecule has 0 aliphatic carbocycles. The molecule has 0 saturated heterocycles. The zero-order valence-electron chi connectivity index (χ0n) is 2.46. The normalized spacial score (nSPS) is 8.50. The van der Waals surface area contributed by atoms with Gasteiger partial charge in [0, 0.05) is 0 Å². The first-order chi connectivity index (χ1) is 1.91. The van der Waals surface area contributed by atoms with Gasteiger partial charge in [-0.15, -0.1) is 0 Å². The van der Waals surface area contributed by atoms with Gasteiger partial charge in [-0.1, -0.05) is 0 Å². The Balaban J connectivity index is 1.97. The van der Waals surface area contributed by atoms with Gasteiger partial charge in [0.05, 0.1) is 0 Å². The van der Waals surface area contributed by atoms with E-state index in [0.717, 1.165) is 0 Å². The Kier molecular flexibility index (Phi) is 6.09. The summed E-state index contributed by atoms with van der Waals surface area (Å²) in [5, 5.41) is 0. The van der Waals surface area contributed by atoms with Crippen molar-refractivity contribution in [3.05, 3.63) is 0 Å².